The van der Waals surface area contributed by atoms with Gasteiger partial charge in [-0.25, -0.2) is 0 Å². The molecular formula is C17H21NO. The molecule has 0 aromatic heterocycles. The quantitative estimate of drug-likeness (QED) is 0.878. The van der Waals surface area contributed by atoms with Crippen LogP contribution in [-0.2, 0) is 12.8 Å². The maximum Gasteiger partial charge on any atom is 0.127 e. The van der Waals surface area contributed by atoms with Gasteiger partial charge in [-0.1, -0.05) is 31.2 Å². The van der Waals surface area contributed by atoms with E-state index in [9.17, 15) is 0 Å². The Morgan fingerprint density at radius 3 is 2.37 bits per heavy atom. The Bertz CT molecular complexity index is 517. The van der Waals surface area contributed by atoms with Gasteiger partial charge in [0, 0.05) is 6.04 Å². The zero-order chi connectivity index (χ0) is 13.7. The maximum atomic E-state index is 5.86. The van der Waals surface area contributed by atoms with Crippen LogP contribution in [-0.4, -0.2) is 6.04 Å². The van der Waals surface area contributed by atoms with Crippen molar-refractivity contribution >= 4 is 0 Å². The minimum absolute atomic E-state index is 0.166. The van der Waals surface area contributed by atoms with Crippen LogP contribution in [0.5, 0.6) is 11.5 Å². The van der Waals surface area contributed by atoms with E-state index in [1.807, 2.05) is 31.2 Å². The van der Waals surface area contributed by atoms with Crippen molar-refractivity contribution in [2.75, 3.05) is 0 Å². The third-order valence-corrected chi connectivity index (χ3v) is 3.02. The molecule has 2 nitrogen and oxygen atoms in total. The van der Waals surface area contributed by atoms with E-state index >= 15 is 0 Å². The summed E-state index contributed by atoms with van der Waals surface area (Å²) in [5.41, 5.74) is 8.34. The van der Waals surface area contributed by atoms with Gasteiger partial charge in [0.1, 0.15) is 11.5 Å². The van der Waals surface area contributed by atoms with Crippen LogP contribution in [0.4, 0.5) is 0 Å². The van der Waals surface area contributed by atoms with Crippen molar-refractivity contribution in [1.82, 2.24) is 0 Å². The SMILES string of the molecule is CCc1ccc(Oc2cccc(CC(C)N)c2)cc1. The molecular weight excluding hydrogens is 234 g/mol. The van der Waals surface area contributed by atoms with Crippen molar-refractivity contribution in [3.05, 3.63) is 59.7 Å². The summed E-state index contributed by atoms with van der Waals surface area (Å²) in [4.78, 5) is 0. The fourth-order valence-electron chi connectivity index (χ4n) is 2.04. The Morgan fingerprint density at radius 2 is 1.74 bits per heavy atom. The summed E-state index contributed by atoms with van der Waals surface area (Å²) in [5, 5.41) is 0. The predicted molar refractivity (Wildman–Crippen MR) is 79.7 cm³/mol. The number of rotatable bonds is 5. The molecule has 0 saturated heterocycles. The molecule has 2 heteroatoms. The van der Waals surface area contributed by atoms with Crippen LogP contribution >= 0.6 is 0 Å². The van der Waals surface area contributed by atoms with Gasteiger partial charge in [-0.05, 0) is 55.2 Å². The molecule has 2 rings (SSSR count). The van der Waals surface area contributed by atoms with Gasteiger partial charge in [-0.15, -0.1) is 0 Å². The average molecular weight is 255 g/mol. The smallest absolute Gasteiger partial charge is 0.127 e. The van der Waals surface area contributed by atoms with Crippen molar-refractivity contribution in [2.45, 2.75) is 32.7 Å². The molecule has 0 aliphatic heterocycles. The maximum absolute atomic E-state index is 5.86. The van der Waals surface area contributed by atoms with E-state index in [1.165, 1.54) is 11.1 Å². The highest BCUT2D eigenvalue weighted by atomic mass is 16.5. The number of benzene rings is 2. The van der Waals surface area contributed by atoms with Gasteiger partial charge < -0.3 is 10.5 Å². The van der Waals surface area contributed by atoms with Crippen LogP contribution in [0.2, 0.25) is 0 Å². The average Bonchev–Trinajstić information content (AvgIpc) is 2.39. The third kappa shape index (κ3) is 4.11. The molecule has 0 amide bonds. The monoisotopic (exact) mass is 255 g/mol. The van der Waals surface area contributed by atoms with E-state index in [1.54, 1.807) is 0 Å². The number of nitrogens with two attached hydrogens (primary N) is 1. The van der Waals surface area contributed by atoms with Crippen molar-refractivity contribution in [2.24, 2.45) is 5.73 Å². The van der Waals surface area contributed by atoms with Crippen molar-refractivity contribution in [1.29, 1.82) is 0 Å². The Labute approximate surface area is 115 Å². The highest BCUT2D eigenvalue weighted by Gasteiger charge is 2.01. The topological polar surface area (TPSA) is 35.2 Å². The van der Waals surface area contributed by atoms with Gasteiger partial charge in [0.25, 0.3) is 0 Å². The Balaban J connectivity index is 2.09. The first-order valence-electron chi connectivity index (χ1n) is 6.78. The highest BCUT2D eigenvalue weighted by Crippen LogP contribution is 2.23. The first kappa shape index (κ1) is 13.6. The summed E-state index contributed by atoms with van der Waals surface area (Å²) in [6, 6.07) is 16.5. The van der Waals surface area contributed by atoms with Gasteiger partial charge in [-0.3, -0.25) is 0 Å². The molecule has 0 saturated carbocycles. The summed E-state index contributed by atoms with van der Waals surface area (Å²) in [7, 11) is 0. The molecule has 2 N–H and O–H groups in total. The molecule has 1 atom stereocenters. The van der Waals surface area contributed by atoms with Crippen LogP contribution in [0, 0.1) is 0 Å². The molecule has 0 radical (unpaired) electrons. The zero-order valence-electron chi connectivity index (χ0n) is 11.6. The number of ether oxygens (including phenoxy) is 1. The van der Waals surface area contributed by atoms with Crippen LogP contribution in [0.25, 0.3) is 0 Å². The molecule has 0 heterocycles. The fourth-order valence-corrected chi connectivity index (χ4v) is 2.04. The minimum Gasteiger partial charge on any atom is -0.457 e. The lowest BCUT2D eigenvalue weighted by atomic mass is 10.1. The summed E-state index contributed by atoms with van der Waals surface area (Å²) < 4.78 is 5.86. The van der Waals surface area contributed by atoms with Crippen LogP contribution < -0.4 is 10.5 Å². The fraction of sp³-hybridized carbons (Fsp3) is 0.294. The second-order valence-corrected chi connectivity index (χ2v) is 4.93. The molecule has 0 spiro atoms. The Morgan fingerprint density at radius 1 is 1.00 bits per heavy atom. The summed E-state index contributed by atoms with van der Waals surface area (Å²) in [5.74, 6) is 1.73. The second-order valence-electron chi connectivity index (χ2n) is 4.93. The standard InChI is InChI=1S/C17H21NO/c1-3-14-7-9-16(10-8-14)19-17-6-4-5-15(12-17)11-13(2)18/h4-10,12-13H,3,11,18H2,1-2H3. The van der Waals surface area contributed by atoms with Gasteiger partial charge in [0.05, 0.1) is 0 Å². The molecule has 1 unspecified atom stereocenters. The van der Waals surface area contributed by atoms with E-state index in [-0.39, 0.29) is 6.04 Å². The molecule has 2 aromatic carbocycles. The largest absolute Gasteiger partial charge is 0.457 e. The van der Waals surface area contributed by atoms with Crippen LogP contribution in [0.15, 0.2) is 48.5 Å². The zero-order valence-corrected chi connectivity index (χ0v) is 11.6. The van der Waals surface area contributed by atoms with E-state index in [2.05, 4.69) is 31.2 Å². The normalized spacial score (nSPS) is 12.2. The molecule has 100 valence electrons. The summed E-state index contributed by atoms with van der Waals surface area (Å²) >= 11 is 0. The number of aryl methyl sites for hydroxylation is 1. The number of hydrogen-bond acceptors (Lipinski definition) is 2. The Hall–Kier alpha value is -1.80. The molecule has 0 aliphatic rings. The van der Waals surface area contributed by atoms with E-state index in [4.69, 9.17) is 10.5 Å². The minimum atomic E-state index is 0.166. The predicted octanol–water partition coefficient (Wildman–Crippen LogP) is 3.93. The third-order valence-electron chi connectivity index (χ3n) is 3.02. The molecule has 2 aromatic rings. The van der Waals surface area contributed by atoms with Gasteiger partial charge in [-0.2, -0.15) is 0 Å². The molecule has 19 heavy (non-hydrogen) atoms. The van der Waals surface area contributed by atoms with Gasteiger partial charge >= 0.3 is 0 Å². The highest BCUT2D eigenvalue weighted by molar-refractivity contribution is 5.35. The summed E-state index contributed by atoms with van der Waals surface area (Å²) in [6.45, 7) is 4.16. The number of hydrogen-bond donors (Lipinski definition) is 1. The van der Waals surface area contributed by atoms with Crippen molar-refractivity contribution in [3.63, 3.8) is 0 Å². The second kappa shape index (κ2) is 6.39. The lowest BCUT2D eigenvalue weighted by Gasteiger charge is -2.09. The van der Waals surface area contributed by atoms with Gasteiger partial charge in [0.2, 0.25) is 0 Å². The Kier molecular flexibility index (Phi) is 4.58. The van der Waals surface area contributed by atoms with Crippen molar-refractivity contribution < 1.29 is 4.74 Å². The lowest BCUT2D eigenvalue weighted by molar-refractivity contribution is 0.481. The first-order chi connectivity index (χ1) is 9.17. The summed E-state index contributed by atoms with van der Waals surface area (Å²) in [6.07, 6.45) is 1.91. The molecule has 0 aliphatic carbocycles. The van der Waals surface area contributed by atoms with Crippen LogP contribution in [0.3, 0.4) is 0 Å². The van der Waals surface area contributed by atoms with Gasteiger partial charge in [0.15, 0.2) is 0 Å². The van der Waals surface area contributed by atoms with E-state index in [0.717, 1.165) is 24.3 Å². The molecule has 0 fully saturated rings. The first-order valence-corrected chi connectivity index (χ1v) is 6.78. The van der Waals surface area contributed by atoms with Crippen LogP contribution in [0.1, 0.15) is 25.0 Å². The molecule has 0 bridgehead atoms. The van der Waals surface area contributed by atoms with Crippen molar-refractivity contribution in [3.8, 4) is 11.5 Å². The van der Waals surface area contributed by atoms with E-state index < -0.39 is 0 Å². The lowest BCUT2D eigenvalue weighted by Crippen LogP contribution is -2.17. The van der Waals surface area contributed by atoms with E-state index in [0.29, 0.717) is 0 Å².